The molecule has 4 atom stereocenters. The largest absolute Gasteiger partial charge is 0.370 e. The monoisotopic (exact) mass is 741 g/mol. The van der Waals surface area contributed by atoms with E-state index in [0.29, 0.717) is 95.3 Å². The quantitative estimate of drug-likeness (QED) is 0.0835. The molecular weight excluding hydrogens is 676 g/mol. The van der Waals surface area contributed by atoms with Crippen molar-refractivity contribution in [2.45, 2.75) is 140 Å². The first-order valence-electron chi connectivity index (χ1n) is 19.6. The van der Waals surface area contributed by atoms with Crippen LogP contribution in [-0.4, -0.2) is 79.3 Å². The normalized spacial score (nSPS) is 23.5. The molecule has 0 spiro atoms. The third-order valence-electron chi connectivity index (χ3n) is 10.0. The summed E-state index contributed by atoms with van der Waals surface area (Å²) in [6.07, 6.45) is 11.8. The molecule has 5 amide bonds. The third kappa shape index (κ3) is 16.5. The van der Waals surface area contributed by atoms with Gasteiger partial charge in [0, 0.05) is 13.1 Å². The molecule has 1 heterocycles. The summed E-state index contributed by atoms with van der Waals surface area (Å²) in [5, 5.41) is 14.6. The van der Waals surface area contributed by atoms with E-state index in [1.165, 1.54) is 19.3 Å². The van der Waals surface area contributed by atoms with Crippen LogP contribution in [0.15, 0.2) is 29.3 Å². The minimum absolute atomic E-state index is 0.00905. The van der Waals surface area contributed by atoms with Crippen molar-refractivity contribution in [1.82, 2.24) is 26.6 Å². The molecule has 1 aliphatic heterocycles. The standard InChI is InChI=1S/C38H64N10O5/c39-20-7-4-15-29-34(50)43-22-9-6-17-31(48-38(41)42)37(53)47-32(19-18-26-11-2-1-3-12-26)35(51)44-25-28-14-10-13-27(23-28)24-33(49)45-30(36(52)46-29)16-5-8-21-40/h10,13-14,23,26,29-32H,1-9,11-12,15-22,24-25,39-40H2,(H,43,50)(H,44,51)(H,45,49)(H,46,52)(H,47,53)(H4,41,42,48)/t29-,30-,31+,32+/m0/s1. The highest BCUT2D eigenvalue weighted by Crippen LogP contribution is 2.28. The molecule has 0 saturated heterocycles. The Morgan fingerprint density at radius 2 is 1.25 bits per heavy atom. The lowest BCUT2D eigenvalue weighted by molar-refractivity contribution is -0.132. The second-order valence-electron chi connectivity index (χ2n) is 14.5. The van der Waals surface area contributed by atoms with E-state index in [1.807, 2.05) is 24.3 Å². The van der Waals surface area contributed by atoms with E-state index in [0.717, 1.165) is 24.8 Å². The minimum Gasteiger partial charge on any atom is -0.370 e. The summed E-state index contributed by atoms with van der Waals surface area (Å²) in [4.78, 5) is 71.6. The van der Waals surface area contributed by atoms with E-state index in [-0.39, 0.29) is 36.6 Å². The van der Waals surface area contributed by atoms with Crippen molar-refractivity contribution in [2.75, 3.05) is 19.6 Å². The number of aliphatic imine (C=N–C) groups is 1. The smallest absolute Gasteiger partial charge is 0.245 e. The Morgan fingerprint density at radius 3 is 1.92 bits per heavy atom. The minimum atomic E-state index is -0.913. The van der Waals surface area contributed by atoms with Crippen molar-refractivity contribution in [3.63, 3.8) is 0 Å². The first-order valence-corrected chi connectivity index (χ1v) is 19.6. The molecule has 13 N–H and O–H groups in total. The first-order chi connectivity index (χ1) is 25.6. The molecule has 0 radical (unpaired) electrons. The molecule has 1 aromatic rings. The lowest BCUT2D eigenvalue weighted by Crippen LogP contribution is -2.54. The van der Waals surface area contributed by atoms with E-state index in [9.17, 15) is 24.0 Å². The van der Waals surface area contributed by atoms with Crippen LogP contribution in [0.5, 0.6) is 0 Å². The van der Waals surface area contributed by atoms with Crippen LogP contribution >= 0.6 is 0 Å². The summed E-state index contributed by atoms with van der Waals surface area (Å²) in [5.41, 5.74) is 24.3. The number of carbonyl (C=O) groups excluding carboxylic acids is 5. The number of unbranched alkanes of at least 4 members (excludes halogenated alkanes) is 2. The molecule has 1 saturated carbocycles. The van der Waals surface area contributed by atoms with Crippen LogP contribution in [0, 0.1) is 5.92 Å². The van der Waals surface area contributed by atoms with Gasteiger partial charge in [0.25, 0.3) is 0 Å². The highest BCUT2D eigenvalue weighted by atomic mass is 16.2. The van der Waals surface area contributed by atoms with Crippen LogP contribution < -0.4 is 49.5 Å². The Labute approximate surface area is 314 Å². The molecule has 53 heavy (non-hydrogen) atoms. The molecule has 0 aromatic heterocycles. The fraction of sp³-hybridized carbons (Fsp3) is 0.684. The number of hydrogen-bond donors (Lipinski definition) is 9. The van der Waals surface area contributed by atoms with Crippen molar-refractivity contribution >= 4 is 35.5 Å². The molecule has 2 bridgehead atoms. The summed E-state index contributed by atoms with van der Waals surface area (Å²) >= 11 is 0. The Kier molecular flexibility index (Phi) is 19.7. The van der Waals surface area contributed by atoms with Crippen LogP contribution in [0.25, 0.3) is 0 Å². The predicted molar refractivity (Wildman–Crippen MR) is 206 cm³/mol. The van der Waals surface area contributed by atoms with Gasteiger partial charge >= 0.3 is 0 Å². The van der Waals surface area contributed by atoms with Crippen LogP contribution in [0.2, 0.25) is 0 Å². The zero-order chi connectivity index (χ0) is 38.4. The predicted octanol–water partition coefficient (Wildman–Crippen LogP) is 0.860. The lowest BCUT2D eigenvalue weighted by atomic mass is 9.85. The van der Waals surface area contributed by atoms with Gasteiger partial charge in [-0.3, -0.25) is 24.0 Å². The van der Waals surface area contributed by atoms with Crippen LogP contribution in [-0.2, 0) is 36.9 Å². The van der Waals surface area contributed by atoms with E-state index < -0.39 is 36.0 Å². The van der Waals surface area contributed by atoms with Gasteiger partial charge in [-0.1, -0.05) is 56.4 Å². The van der Waals surface area contributed by atoms with Gasteiger partial charge in [-0.15, -0.1) is 0 Å². The molecule has 15 nitrogen and oxygen atoms in total. The molecule has 296 valence electrons. The first kappa shape index (κ1) is 43.2. The van der Waals surface area contributed by atoms with Crippen molar-refractivity contribution in [3.05, 3.63) is 35.4 Å². The fourth-order valence-electron chi connectivity index (χ4n) is 7.03. The number of nitrogens with two attached hydrogens (primary N) is 4. The Morgan fingerprint density at radius 1 is 0.642 bits per heavy atom. The number of nitrogens with one attached hydrogen (secondary N) is 5. The number of rotatable bonds is 12. The molecule has 0 unspecified atom stereocenters. The molecular formula is C38H64N10O5. The van der Waals surface area contributed by atoms with E-state index in [2.05, 4.69) is 31.6 Å². The van der Waals surface area contributed by atoms with Crippen LogP contribution in [0.3, 0.4) is 0 Å². The Bertz CT molecular complexity index is 1350. The summed E-state index contributed by atoms with van der Waals surface area (Å²) in [6.45, 7) is 1.39. The topological polar surface area (TPSA) is 262 Å². The van der Waals surface area contributed by atoms with E-state index in [1.54, 1.807) is 0 Å². The number of hydrogen-bond acceptors (Lipinski definition) is 8. The number of nitrogens with zero attached hydrogens (tertiary/aromatic N) is 1. The zero-order valence-corrected chi connectivity index (χ0v) is 31.3. The van der Waals surface area contributed by atoms with Gasteiger partial charge in [0.1, 0.15) is 24.2 Å². The van der Waals surface area contributed by atoms with Crippen molar-refractivity contribution in [1.29, 1.82) is 0 Å². The molecule has 3 rings (SSSR count). The maximum absolute atomic E-state index is 13.6. The van der Waals surface area contributed by atoms with Crippen LogP contribution in [0.1, 0.15) is 114 Å². The van der Waals surface area contributed by atoms with Gasteiger partial charge in [-0.05, 0) is 101 Å². The van der Waals surface area contributed by atoms with Gasteiger partial charge in [0.15, 0.2) is 5.96 Å². The second kappa shape index (κ2) is 24.1. The number of amides is 5. The number of carbonyl (C=O) groups is 5. The maximum Gasteiger partial charge on any atom is 0.245 e. The summed E-state index contributed by atoms with van der Waals surface area (Å²) in [7, 11) is 0. The van der Waals surface area contributed by atoms with Gasteiger partial charge < -0.3 is 49.5 Å². The highest BCUT2D eigenvalue weighted by molar-refractivity contribution is 5.93. The van der Waals surface area contributed by atoms with Crippen molar-refractivity contribution in [2.24, 2.45) is 33.8 Å². The number of guanidine groups is 1. The average Bonchev–Trinajstić information content (AvgIpc) is 3.14. The van der Waals surface area contributed by atoms with E-state index in [4.69, 9.17) is 22.9 Å². The van der Waals surface area contributed by atoms with Crippen molar-refractivity contribution in [3.8, 4) is 0 Å². The number of benzene rings is 1. The maximum atomic E-state index is 13.6. The Balaban J connectivity index is 1.86. The number of fused-ring (bicyclic) bond motifs is 2. The zero-order valence-electron chi connectivity index (χ0n) is 31.3. The molecule has 1 aliphatic carbocycles. The molecule has 1 aromatic carbocycles. The van der Waals surface area contributed by atoms with Gasteiger partial charge in [0.2, 0.25) is 29.5 Å². The average molecular weight is 741 g/mol. The van der Waals surface area contributed by atoms with E-state index >= 15 is 0 Å². The summed E-state index contributed by atoms with van der Waals surface area (Å²) < 4.78 is 0. The Hall–Kier alpha value is -4.24. The van der Waals surface area contributed by atoms with Gasteiger partial charge in [-0.25, -0.2) is 4.99 Å². The fourth-order valence-corrected chi connectivity index (χ4v) is 7.03. The lowest BCUT2D eigenvalue weighted by Gasteiger charge is -2.25. The second-order valence-corrected chi connectivity index (χ2v) is 14.5. The summed E-state index contributed by atoms with van der Waals surface area (Å²) in [6, 6.07) is 3.93. The highest BCUT2D eigenvalue weighted by Gasteiger charge is 2.29. The molecule has 15 heteroatoms. The van der Waals surface area contributed by atoms with Gasteiger partial charge in [0.05, 0.1) is 6.42 Å². The van der Waals surface area contributed by atoms with Crippen molar-refractivity contribution < 1.29 is 24.0 Å². The van der Waals surface area contributed by atoms with Gasteiger partial charge in [-0.2, -0.15) is 0 Å². The summed E-state index contributed by atoms with van der Waals surface area (Å²) in [5.74, 6) is -1.61. The van der Waals surface area contributed by atoms with Crippen LogP contribution in [0.4, 0.5) is 0 Å². The SMILES string of the molecule is NCCCC[C@@H]1NC(=O)Cc2cccc(c2)CNC(=O)[C@@H](CCC2CCCCC2)NC(=O)[C@H](N=C(N)N)CCCCNC(=O)[C@H](CCCCN)NC1=O. The molecule has 1 fully saturated rings. The molecule has 2 aliphatic rings. The third-order valence-corrected chi connectivity index (χ3v) is 10.0.